The maximum atomic E-state index is 13.3. The van der Waals surface area contributed by atoms with E-state index in [2.05, 4.69) is 22.4 Å². The fourth-order valence-corrected chi connectivity index (χ4v) is 6.17. The second kappa shape index (κ2) is 10.8. The summed E-state index contributed by atoms with van der Waals surface area (Å²) in [5.74, 6) is 1.20. The molecule has 2 amide bonds. The van der Waals surface area contributed by atoms with Crippen molar-refractivity contribution in [2.24, 2.45) is 0 Å². The van der Waals surface area contributed by atoms with Crippen molar-refractivity contribution in [3.63, 3.8) is 0 Å². The third-order valence-electron chi connectivity index (χ3n) is 7.18. The number of hydrogen-bond donors (Lipinski definition) is 1. The van der Waals surface area contributed by atoms with Gasteiger partial charge in [0.2, 0.25) is 5.75 Å². The lowest BCUT2D eigenvalue weighted by Gasteiger charge is -2.31. The molecule has 5 rings (SSSR count). The SMILES string of the molecule is COc1ccc(C(=O)N2CCC(c3nc(C(=O)Nc4ccc5c(c4)CCC5)cs3)CC2)c(OC)c1OC. The number of thiazole rings is 1. The lowest BCUT2D eigenvalue weighted by molar-refractivity contribution is 0.0708. The third-order valence-corrected chi connectivity index (χ3v) is 8.18. The number of likely N-dealkylation sites (tertiary alicyclic amines) is 1. The highest BCUT2D eigenvalue weighted by atomic mass is 32.1. The van der Waals surface area contributed by atoms with Crippen LogP contribution >= 0.6 is 11.3 Å². The Labute approximate surface area is 220 Å². The van der Waals surface area contributed by atoms with Crippen molar-refractivity contribution in [3.8, 4) is 17.2 Å². The van der Waals surface area contributed by atoms with E-state index >= 15 is 0 Å². The van der Waals surface area contributed by atoms with Gasteiger partial charge in [-0.05, 0) is 67.5 Å². The number of piperidine rings is 1. The molecule has 2 aromatic carbocycles. The normalized spacial score (nSPS) is 15.3. The second-order valence-electron chi connectivity index (χ2n) is 9.31. The van der Waals surface area contributed by atoms with Crippen LogP contribution in [-0.4, -0.2) is 56.1 Å². The van der Waals surface area contributed by atoms with Crippen LogP contribution in [0.15, 0.2) is 35.7 Å². The standard InChI is InChI=1S/C28H31N3O5S/c1-34-23-10-9-21(24(35-2)25(23)36-3)28(33)31-13-11-18(12-14-31)27-30-22(16-37-27)26(32)29-20-8-7-17-5-4-6-19(17)15-20/h7-10,15-16,18H,4-6,11-14H2,1-3H3,(H,29,32). The molecule has 8 nitrogen and oxygen atoms in total. The van der Waals surface area contributed by atoms with Crippen LogP contribution in [0.4, 0.5) is 5.69 Å². The van der Waals surface area contributed by atoms with Gasteiger partial charge in [0.05, 0.1) is 31.9 Å². The molecule has 1 N–H and O–H groups in total. The number of nitrogens with zero attached hydrogens (tertiary/aromatic N) is 2. The smallest absolute Gasteiger partial charge is 0.275 e. The van der Waals surface area contributed by atoms with Gasteiger partial charge in [-0.15, -0.1) is 11.3 Å². The van der Waals surface area contributed by atoms with Gasteiger partial charge < -0.3 is 24.4 Å². The molecule has 1 aliphatic carbocycles. The first-order chi connectivity index (χ1) is 18.0. The monoisotopic (exact) mass is 521 g/mol. The minimum atomic E-state index is -0.186. The van der Waals surface area contributed by atoms with Gasteiger partial charge in [0.15, 0.2) is 11.5 Å². The molecule has 9 heteroatoms. The number of aryl methyl sites for hydroxylation is 2. The number of hydrogen-bond acceptors (Lipinski definition) is 7. The van der Waals surface area contributed by atoms with Gasteiger partial charge >= 0.3 is 0 Å². The van der Waals surface area contributed by atoms with Gasteiger partial charge in [-0.1, -0.05) is 6.07 Å². The summed E-state index contributed by atoms with van der Waals surface area (Å²) < 4.78 is 16.3. The van der Waals surface area contributed by atoms with E-state index in [9.17, 15) is 9.59 Å². The van der Waals surface area contributed by atoms with Gasteiger partial charge in [-0.3, -0.25) is 9.59 Å². The van der Waals surface area contributed by atoms with Gasteiger partial charge in [0, 0.05) is 30.1 Å². The molecular formula is C28H31N3O5S. The molecule has 37 heavy (non-hydrogen) atoms. The number of ether oxygens (including phenoxy) is 3. The molecule has 0 bridgehead atoms. The topological polar surface area (TPSA) is 90.0 Å². The molecule has 2 heterocycles. The maximum Gasteiger partial charge on any atom is 0.275 e. The van der Waals surface area contributed by atoms with Crippen molar-refractivity contribution < 1.29 is 23.8 Å². The molecule has 2 aliphatic rings. The summed E-state index contributed by atoms with van der Waals surface area (Å²) in [6.45, 7) is 1.19. The van der Waals surface area contributed by atoms with Crippen LogP contribution in [0.25, 0.3) is 0 Å². The molecule has 0 radical (unpaired) electrons. The number of benzene rings is 2. The Morgan fingerprint density at radius 1 is 0.973 bits per heavy atom. The van der Waals surface area contributed by atoms with E-state index < -0.39 is 0 Å². The zero-order chi connectivity index (χ0) is 25.9. The van der Waals surface area contributed by atoms with Crippen LogP contribution < -0.4 is 19.5 Å². The van der Waals surface area contributed by atoms with E-state index in [0.29, 0.717) is 41.6 Å². The number of methoxy groups -OCH3 is 3. The molecule has 1 aromatic heterocycles. The first-order valence-electron chi connectivity index (χ1n) is 12.5. The molecule has 0 unspecified atom stereocenters. The molecular weight excluding hydrogens is 490 g/mol. The zero-order valence-corrected chi connectivity index (χ0v) is 22.2. The highest BCUT2D eigenvalue weighted by Gasteiger charge is 2.30. The number of carbonyl (C=O) groups is 2. The lowest BCUT2D eigenvalue weighted by Crippen LogP contribution is -2.38. The van der Waals surface area contributed by atoms with Crippen molar-refractivity contribution in [2.45, 2.75) is 38.0 Å². The lowest BCUT2D eigenvalue weighted by atomic mass is 9.97. The fourth-order valence-electron chi connectivity index (χ4n) is 5.19. The quantitative estimate of drug-likeness (QED) is 0.474. The minimum absolute atomic E-state index is 0.107. The first kappa shape index (κ1) is 25.1. The third kappa shape index (κ3) is 5.00. The number of carbonyl (C=O) groups excluding carboxylic acids is 2. The molecule has 0 spiro atoms. The van der Waals surface area contributed by atoms with E-state index in [1.807, 2.05) is 16.3 Å². The highest BCUT2D eigenvalue weighted by Crippen LogP contribution is 2.41. The zero-order valence-electron chi connectivity index (χ0n) is 21.3. The summed E-state index contributed by atoms with van der Waals surface area (Å²) in [5, 5.41) is 5.76. The van der Waals surface area contributed by atoms with Crippen LogP contribution in [0.2, 0.25) is 0 Å². The van der Waals surface area contributed by atoms with E-state index in [1.165, 1.54) is 43.1 Å². The van der Waals surface area contributed by atoms with Gasteiger partial charge in [-0.25, -0.2) is 4.98 Å². The molecule has 0 atom stereocenters. The summed E-state index contributed by atoms with van der Waals surface area (Å²) in [4.78, 5) is 32.6. The average molecular weight is 522 g/mol. The van der Waals surface area contributed by atoms with Crippen molar-refractivity contribution in [2.75, 3.05) is 39.7 Å². The Morgan fingerprint density at radius 2 is 1.73 bits per heavy atom. The number of amides is 2. The molecule has 0 saturated carbocycles. The Balaban J connectivity index is 1.21. The van der Waals surface area contributed by atoms with Gasteiger partial charge in [-0.2, -0.15) is 0 Å². The number of anilines is 1. The van der Waals surface area contributed by atoms with Gasteiger partial charge in [0.1, 0.15) is 5.69 Å². The van der Waals surface area contributed by atoms with Gasteiger partial charge in [0.25, 0.3) is 11.8 Å². The number of fused-ring (bicyclic) bond motifs is 1. The highest BCUT2D eigenvalue weighted by molar-refractivity contribution is 7.10. The van der Waals surface area contributed by atoms with Crippen molar-refractivity contribution in [3.05, 3.63) is 63.1 Å². The predicted octanol–water partition coefficient (Wildman–Crippen LogP) is 4.93. The van der Waals surface area contributed by atoms with Crippen molar-refractivity contribution >= 4 is 28.8 Å². The second-order valence-corrected chi connectivity index (χ2v) is 10.2. The van der Waals surface area contributed by atoms with E-state index in [0.717, 1.165) is 36.4 Å². The predicted molar refractivity (Wildman–Crippen MR) is 143 cm³/mol. The first-order valence-corrected chi connectivity index (χ1v) is 13.4. The fraction of sp³-hybridized carbons (Fsp3) is 0.393. The number of nitrogens with one attached hydrogen (secondary N) is 1. The van der Waals surface area contributed by atoms with Crippen LogP contribution in [-0.2, 0) is 12.8 Å². The largest absolute Gasteiger partial charge is 0.493 e. The molecule has 194 valence electrons. The summed E-state index contributed by atoms with van der Waals surface area (Å²) in [7, 11) is 4.58. The maximum absolute atomic E-state index is 13.3. The molecule has 3 aromatic rings. The molecule has 1 saturated heterocycles. The molecule has 1 aliphatic heterocycles. The van der Waals surface area contributed by atoms with Crippen LogP contribution in [0.3, 0.4) is 0 Å². The number of aromatic nitrogens is 1. The Morgan fingerprint density at radius 3 is 2.46 bits per heavy atom. The number of rotatable bonds is 7. The Bertz CT molecular complexity index is 1310. The van der Waals surface area contributed by atoms with E-state index in [4.69, 9.17) is 14.2 Å². The summed E-state index contributed by atoms with van der Waals surface area (Å²) >= 11 is 1.51. The summed E-state index contributed by atoms with van der Waals surface area (Å²) in [6.07, 6.45) is 4.92. The Hall–Kier alpha value is -3.59. The van der Waals surface area contributed by atoms with Crippen LogP contribution in [0.1, 0.15) is 62.2 Å². The Kier molecular flexibility index (Phi) is 7.32. The molecule has 1 fully saturated rings. The minimum Gasteiger partial charge on any atom is -0.493 e. The van der Waals surface area contributed by atoms with Crippen LogP contribution in [0, 0.1) is 0 Å². The van der Waals surface area contributed by atoms with Crippen molar-refractivity contribution in [1.82, 2.24) is 9.88 Å². The van der Waals surface area contributed by atoms with Crippen LogP contribution in [0.5, 0.6) is 17.2 Å². The van der Waals surface area contributed by atoms with E-state index in [-0.39, 0.29) is 17.7 Å². The van der Waals surface area contributed by atoms with Crippen molar-refractivity contribution in [1.29, 1.82) is 0 Å². The average Bonchev–Trinajstić information content (AvgIpc) is 3.61. The summed E-state index contributed by atoms with van der Waals surface area (Å²) in [5.41, 5.74) is 4.40. The summed E-state index contributed by atoms with van der Waals surface area (Å²) in [6, 6.07) is 9.58. The van der Waals surface area contributed by atoms with E-state index in [1.54, 1.807) is 19.2 Å².